The molecule has 46 heavy (non-hydrogen) atoms. The standard InChI is InChI=1S/C43H86N2O/c1-5-7-9-11-13-15-17-19-21-23-25-27-29-31-33-35-37-42(41-45(3)4)43(44-39-40-46)38-36-34-32-30-28-26-24-22-20-18-16-14-12-10-8-6-2/h19-22,42-44,46H,5-18,23-41H2,1-4H3/b21-19-,22-20-. The predicted molar refractivity (Wildman–Crippen MR) is 209 cm³/mol. The van der Waals surface area contributed by atoms with Gasteiger partial charge >= 0.3 is 0 Å². The summed E-state index contributed by atoms with van der Waals surface area (Å²) in [5.41, 5.74) is 0. The van der Waals surface area contributed by atoms with Gasteiger partial charge in [0.2, 0.25) is 0 Å². The molecule has 0 aromatic heterocycles. The number of allylic oxidation sites excluding steroid dienone is 4. The normalized spacial score (nSPS) is 13.5. The van der Waals surface area contributed by atoms with Crippen molar-refractivity contribution >= 4 is 0 Å². The van der Waals surface area contributed by atoms with Gasteiger partial charge in [0.1, 0.15) is 0 Å². The minimum Gasteiger partial charge on any atom is -0.395 e. The second-order valence-electron chi connectivity index (χ2n) is 14.8. The van der Waals surface area contributed by atoms with E-state index in [2.05, 4.69) is 62.5 Å². The molecule has 3 heteroatoms. The van der Waals surface area contributed by atoms with Crippen molar-refractivity contribution in [2.24, 2.45) is 5.92 Å². The molecule has 3 nitrogen and oxygen atoms in total. The number of aliphatic hydroxyl groups is 1. The van der Waals surface area contributed by atoms with Gasteiger partial charge in [0.15, 0.2) is 0 Å². The third-order valence-corrected chi connectivity index (χ3v) is 9.80. The first-order chi connectivity index (χ1) is 22.7. The van der Waals surface area contributed by atoms with Gasteiger partial charge in [-0.15, -0.1) is 0 Å². The van der Waals surface area contributed by atoms with Crippen LogP contribution in [0.5, 0.6) is 0 Å². The van der Waals surface area contributed by atoms with Crippen LogP contribution in [0, 0.1) is 5.92 Å². The van der Waals surface area contributed by atoms with Crippen LogP contribution in [0.3, 0.4) is 0 Å². The van der Waals surface area contributed by atoms with Crippen LogP contribution < -0.4 is 5.32 Å². The molecule has 274 valence electrons. The van der Waals surface area contributed by atoms with Crippen molar-refractivity contribution < 1.29 is 5.11 Å². The molecule has 0 aliphatic heterocycles. The molecule has 0 bridgehead atoms. The summed E-state index contributed by atoms with van der Waals surface area (Å²) in [6.45, 7) is 6.71. The SMILES string of the molecule is CCCCCCCC/C=C\CCCCCCCCC(CN(C)C)C(CCCCCCCC/C=C\CCCCCCCC)NCCO. The molecule has 0 saturated carbocycles. The molecule has 0 fully saturated rings. The molecule has 0 aromatic rings. The largest absolute Gasteiger partial charge is 0.395 e. The Labute approximate surface area is 291 Å². The second kappa shape index (κ2) is 38.8. The summed E-state index contributed by atoms with van der Waals surface area (Å²) in [6, 6.07) is 0.537. The van der Waals surface area contributed by atoms with Crippen LogP contribution in [0.15, 0.2) is 24.3 Å². The number of unbranched alkanes of at least 4 members (excludes halogenated alkanes) is 24. The predicted octanol–water partition coefficient (Wildman–Crippen LogP) is 13.0. The molecule has 0 rings (SSSR count). The van der Waals surface area contributed by atoms with Crippen molar-refractivity contribution in [2.75, 3.05) is 33.8 Å². The Bertz CT molecular complexity index is 616. The van der Waals surface area contributed by atoms with E-state index in [1.807, 2.05) is 0 Å². The first-order valence-electron chi connectivity index (χ1n) is 20.9. The quantitative estimate of drug-likeness (QED) is 0.0517. The van der Waals surface area contributed by atoms with Crippen molar-refractivity contribution in [3.8, 4) is 0 Å². The third-order valence-electron chi connectivity index (χ3n) is 9.80. The van der Waals surface area contributed by atoms with Crippen LogP contribution in [0.2, 0.25) is 0 Å². The molecule has 2 unspecified atom stereocenters. The topological polar surface area (TPSA) is 35.5 Å². The fraction of sp³-hybridized carbons (Fsp3) is 0.907. The van der Waals surface area contributed by atoms with E-state index in [0.29, 0.717) is 12.0 Å². The first-order valence-corrected chi connectivity index (χ1v) is 20.9. The van der Waals surface area contributed by atoms with E-state index in [1.54, 1.807) is 0 Å². The summed E-state index contributed by atoms with van der Waals surface area (Å²) in [5, 5.41) is 13.3. The lowest BCUT2D eigenvalue weighted by atomic mass is 9.88. The highest BCUT2D eigenvalue weighted by Gasteiger charge is 2.21. The van der Waals surface area contributed by atoms with Crippen molar-refractivity contribution in [3.05, 3.63) is 24.3 Å². The van der Waals surface area contributed by atoms with Crippen LogP contribution in [-0.4, -0.2) is 49.8 Å². The average molecular weight is 647 g/mol. The van der Waals surface area contributed by atoms with Gasteiger partial charge in [-0.25, -0.2) is 0 Å². The fourth-order valence-corrected chi connectivity index (χ4v) is 6.91. The lowest BCUT2D eigenvalue weighted by Gasteiger charge is -2.31. The number of aliphatic hydroxyl groups excluding tert-OH is 1. The molecule has 0 amide bonds. The third kappa shape index (κ3) is 34.7. The molecule has 0 aromatic carbocycles. The van der Waals surface area contributed by atoms with Crippen LogP contribution >= 0.6 is 0 Å². The van der Waals surface area contributed by atoms with Crippen LogP contribution in [0.25, 0.3) is 0 Å². The number of hydrogen-bond acceptors (Lipinski definition) is 3. The Morgan fingerprint density at radius 2 is 0.826 bits per heavy atom. The van der Waals surface area contributed by atoms with Crippen molar-refractivity contribution in [2.45, 2.75) is 213 Å². The Morgan fingerprint density at radius 3 is 1.20 bits per heavy atom. The van der Waals surface area contributed by atoms with Gasteiger partial charge in [-0.2, -0.15) is 0 Å². The molecular formula is C43H86N2O. The summed E-state index contributed by atoms with van der Waals surface area (Å²) in [5.74, 6) is 0.682. The molecule has 0 aliphatic rings. The molecule has 0 radical (unpaired) electrons. The van der Waals surface area contributed by atoms with E-state index >= 15 is 0 Å². The van der Waals surface area contributed by atoms with Gasteiger partial charge in [-0.1, -0.05) is 167 Å². The van der Waals surface area contributed by atoms with E-state index in [1.165, 1.54) is 193 Å². The number of nitrogens with zero attached hydrogens (tertiary/aromatic N) is 1. The molecule has 2 N–H and O–H groups in total. The van der Waals surface area contributed by atoms with E-state index < -0.39 is 0 Å². The second-order valence-corrected chi connectivity index (χ2v) is 14.8. The summed E-state index contributed by atoms with van der Waals surface area (Å²) < 4.78 is 0. The summed E-state index contributed by atoms with van der Waals surface area (Å²) >= 11 is 0. The van der Waals surface area contributed by atoms with Gasteiger partial charge in [0.25, 0.3) is 0 Å². The first kappa shape index (κ1) is 45.4. The molecule has 2 atom stereocenters. The molecule has 0 aliphatic carbocycles. The zero-order valence-corrected chi connectivity index (χ0v) is 32.2. The maximum Gasteiger partial charge on any atom is 0.0556 e. The Balaban J connectivity index is 4.01. The Kier molecular flexibility index (Phi) is 38.3. The lowest BCUT2D eigenvalue weighted by Crippen LogP contribution is -2.42. The van der Waals surface area contributed by atoms with E-state index in [-0.39, 0.29) is 6.61 Å². The Hall–Kier alpha value is -0.640. The van der Waals surface area contributed by atoms with Crippen LogP contribution in [0.1, 0.15) is 206 Å². The van der Waals surface area contributed by atoms with Gasteiger partial charge in [-0.05, 0) is 84.2 Å². The minimum atomic E-state index is 0.243. The average Bonchev–Trinajstić information content (AvgIpc) is 3.05. The lowest BCUT2D eigenvalue weighted by molar-refractivity contribution is 0.216. The molecule has 0 saturated heterocycles. The smallest absolute Gasteiger partial charge is 0.0556 e. The van der Waals surface area contributed by atoms with E-state index in [9.17, 15) is 5.11 Å². The summed E-state index contributed by atoms with van der Waals surface area (Å²) in [7, 11) is 4.45. The monoisotopic (exact) mass is 647 g/mol. The van der Waals surface area contributed by atoms with Gasteiger partial charge in [0, 0.05) is 19.1 Å². The van der Waals surface area contributed by atoms with Gasteiger partial charge < -0.3 is 15.3 Å². The Morgan fingerprint density at radius 1 is 0.478 bits per heavy atom. The number of hydrogen-bond donors (Lipinski definition) is 2. The van der Waals surface area contributed by atoms with Gasteiger partial charge in [-0.3, -0.25) is 0 Å². The van der Waals surface area contributed by atoms with E-state index in [0.717, 1.165) is 13.1 Å². The van der Waals surface area contributed by atoms with E-state index in [4.69, 9.17) is 0 Å². The fourth-order valence-electron chi connectivity index (χ4n) is 6.91. The maximum atomic E-state index is 9.53. The number of nitrogens with one attached hydrogen (secondary N) is 1. The van der Waals surface area contributed by atoms with Crippen LogP contribution in [-0.2, 0) is 0 Å². The van der Waals surface area contributed by atoms with Gasteiger partial charge in [0.05, 0.1) is 6.61 Å². The van der Waals surface area contributed by atoms with Crippen LogP contribution in [0.4, 0.5) is 0 Å². The summed E-state index contributed by atoms with van der Waals surface area (Å²) in [6.07, 6.45) is 50.6. The highest BCUT2D eigenvalue weighted by Crippen LogP contribution is 2.21. The minimum absolute atomic E-state index is 0.243. The molecule has 0 spiro atoms. The number of rotatable bonds is 38. The maximum absolute atomic E-state index is 9.53. The van der Waals surface area contributed by atoms with Crippen molar-refractivity contribution in [3.63, 3.8) is 0 Å². The highest BCUT2D eigenvalue weighted by molar-refractivity contribution is 4.82. The zero-order valence-electron chi connectivity index (χ0n) is 32.2. The zero-order chi connectivity index (χ0) is 33.6. The molecular weight excluding hydrogens is 560 g/mol. The highest BCUT2D eigenvalue weighted by atomic mass is 16.3. The van der Waals surface area contributed by atoms with Crippen molar-refractivity contribution in [1.82, 2.24) is 10.2 Å². The summed E-state index contributed by atoms with van der Waals surface area (Å²) in [4.78, 5) is 2.38. The molecule has 0 heterocycles. The van der Waals surface area contributed by atoms with Crippen molar-refractivity contribution in [1.29, 1.82) is 0 Å².